The zero-order valence-electron chi connectivity index (χ0n) is 11.1. The fourth-order valence-electron chi connectivity index (χ4n) is 2.26. The molecule has 0 aromatic carbocycles. The molecule has 1 N–H and O–H groups in total. The fraction of sp³-hybridized carbons (Fsp3) is 0.917. The number of nitrogens with one attached hydrogen (secondary N) is 1. The summed E-state index contributed by atoms with van der Waals surface area (Å²) in [5, 5.41) is 3.28. The topological polar surface area (TPSA) is 54.0 Å². The van der Waals surface area contributed by atoms with Crippen molar-refractivity contribution in [3.05, 3.63) is 0 Å². The Labute approximate surface area is 108 Å². The molecule has 6 nitrogen and oxygen atoms in total. The maximum atomic E-state index is 11.9. The number of methoxy groups -OCH3 is 1. The first-order valence-electron chi connectivity index (χ1n) is 6.60. The zero-order chi connectivity index (χ0) is 12.8. The Bertz CT molecular complexity index is 263. The summed E-state index contributed by atoms with van der Waals surface area (Å²) in [5.41, 5.74) is 0. The number of piperazine rings is 1. The first-order chi connectivity index (χ1) is 8.81. The summed E-state index contributed by atoms with van der Waals surface area (Å²) in [7, 11) is 1.62. The predicted octanol–water partition coefficient (Wildman–Crippen LogP) is -1.23. The van der Waals surface area contributed by atoms with E-state index in [9.17, 15) is 4.79 Å². The number of hydrogen-bond donors (Lipinski definition) is 1. The highest BCUT2D eigenvalue weighted by atomic mass is 16.5. The van der Waals surface area contributed by atoms with Crippen molar-refractivity contribution in [1.82, 2.24) is 15.1 Å². The molecular formula is C12H23N3O3. The van der Waals surface area contributed by atoms with E-state index < -0.39 is 0 Å². The minimum absolute atomic E-state index is 0.0949. The Morgan fingerprint density at radius 1 is 1.22 bits per heavy atom. The van der Waals surface area contributed by atoms with E-state index >= 15 is 0 Å². The molecule has 1 amide bonds. The first kappa shape index (κ1) is 13.7. The number of rotatable bonds is 6. The van der Waals surface area contributed by atoms with E-state index in [0.717, 1.165) is 39.3 Å². The summed E-state index contributed by atoms with van der Waals surface area (Å²) >= 11 is 0. The number of carbonyl (C=O) groups excluding carboxylic acids is 1. The summed E-state index contributed by atoms with van der Waals surface area (Å²) in [4.78, 5) is 16.2. The Hall–Kier alpha value is -0.690. The van der Waals surface area contributed by atoms with Crippen LogP contribution in [0.5, 0.6) is 0 Å². The molecule has 18 heavy (non-hydrogen) atoms. The van der Waals surface area contributed by atoms with Crippen molar-refractivity contribution in [2.75, 3.05) is 66.2 Å². The standard InChI is InChI=1S/C12H23N3O3/c1-17-6-7-18-10-12(16)15-4-2-14(3-5-15)11-8-13-9-11/h11,13H,2-10H2,1H3. The van der Waals surface area contributed by atoms with Gasteiger partial charge in [0, 0.05) is 52.4 Å². The van der Waals surface area contributed by atoms with Crippen LogP contribution in [-0.2, 0) is 14.3 Å². The minimum Gasteiger partial charge on any atom is -0.382 e. The number of carbonyl (C=O) groups is 1. The average molecular weight is 257 g/mol. The third-order valence-electron chi connectivity index (χ3n) is 3.60. The van der Waals surface area contributed by atoms with E-state index in [1.54, 1.807) is 7.11 Å². The molecule has 2 heterocycles. The van der Waals surface area contributed by atoms with Crippen molar-refractivity contribution in [2.24, 2.45) is 0 Å². The van der Waals surface area contributed by atoms with Gasteiger partial charge in [-0.2, -0.15) is 0 Å². The van der Waals surface area contributed by atoms with E-state index in [1.807, 2.05) is 4.90 Å². The van der Waals surface area contributed by atoms with Crippen molar-refractivity contribution in [2.45, 2.75) is 6.04 Å². The van der Waals surface area contributed by atoms with Crippen LogP contribution in [-0.4, -0.2) is 87.9 Å². The van der Waals surface area contributed by atoms with Crippen LogP contribution in [0.15, 0.2) is 0 Å². The first-order valence-corrected chi connectivity index (χ1v) is 6.60. The summed E-state index contributed by atoms with van der Waals surface area (Å²) in [6.45, 7) is 6.99. The lowest BCUT2D eigenvalue weighted by atomic mass is 10.1. The normalized spacial score (nSPS) is 21.9. The maximum absolute atomic E-state index is 11.9. The third kappa shape index (κ3) is 3.65. The summed E-state index contributed by atoms with van der Waals surface area (Å²) in [5.74, 6) is 0.0949. The molecule has 2 fully saturated rings. The van der Waals surface area contributed by atoms with Gasteiger partial charge in [0.25, 0.3) is 0 Å². The van der Waals surface area contributed by atoms with Crippen LogP contribution < -0.4 is 5.32 Å². The van der Waals surface area contributed by atoms with Gasteiger partial charge in [0.1, 0.15) is 6.61 Å². The molecule has 0 radical (unpaired) electrons. The van der Waals surface area contributed by atoms with Gasteiger partial charge in [-0.25, -0.2) is 0 Å². The Morgan fingerprint density at radius 3 is 2.50 bits per heavy atom. The molecule has 0 atom stereocenters. The largest absolute Gasteiger partial charge is 0.382 e. The average Bonchev–Trinajstić information content (AvgIpc) is 2.33. The monoisotopic (exact) mass is 257 g/mol. The van der Waals surface area contributed by atoms with Gasteiger partial charge in [0.05, 0.1) is 13.2 Å². The van der Waals surface area contributed by atoms with Crippen LogP contribution in [0.25, 0.3) is 0 Å². The summed E-state index contributed by atoms with van der Waals surface area (Å²) < 4.78 is 10.1. The number of amides is 1. The van der Waals surface area contributed by atoms with Gasteiger partial charge in [-0.15, -0.1) is 0 Å². The molecule has 104 valence electrons. The van der Waals surface area contributed by atoms with E-state index in [0.29, 0.717) is 19.3 Å². The van der Waals surface area contributed by atoms with Crippen LogP contribution >= 0.6 is 0 Å². The van der Waals surface area contributed by atoms with E-state index in [1.165, 1.54) is 0 Å². The molecule has 0 aromatic heterocycles. The predicted molar refractivity (Wildman–Crippen MR) is 67.5 cm³/mol. The van der Waals surface area contributed by atoms with Gasteiger partial charge in [-0.05, 0) is 0 Å². The molecule has 0 unspecified atom stereocenters. The number of ether oxygens (including phenoxy) is 2. The second kappa shape index (κ2) is 7.04. The lowest BCUT2D eigenvalue weighted by Crippen LogP contribution is -2.62. The molecule has 2 rings (SSSR count). The second-order valence-electron chi connectivity index (χ2n) is 4.77. The van der Waals surface area contributed by atoms with Crippen LogP contribution in [0.2, 0.25) is 0 Å². The minimum atomic E-state index is 0.0949. The Morgan fingerprint density at radius 2 is 1.94 bits per heavy atom. The van der Waals surface area contributed by atoms with E-state index in [4.69, 9.17) is 9.47 Å². The van der Waals surface area contributed by atoms with E-state index in [-0.39, 0.29) is 12.5 Å². The molecule has 2 aliphatic rings. The van der Waals surface area contributed by atoms with Crippen LogP contribution in [0, 0.1) is 0 Å². The molecule has 0 saturated carbocycles. The lowest BCUT2D eigenvalue weighted by Gasteiger charge is -2.43. The Kier molecular flexibility index (Phi) is 5.37. The van der Waals surface area contributed by atoms with Crippen molar-refractivity contribution < 1.29 is 14.3 Å². The number of hydrogen-bond acceptors (Lipinski definition) is 5. The van der Waals surface area contributed by atoms with Gasteiger partial charge in [-0.1, -0.05) is 0 Å². The molecule has 2 aliphatic heterocycles. The SMILES string of the molecule is COCCOCC(=O)N1CCN(C2CNC2)CC1. The fourth-order valence-corrected chi connectivity index (χ4v) is 2.26. The van der Waals surface area contributed by atoms with Crippen molar-refractivity contribution in [3.8, 4) is 0 Å². The smallest absolute Gasteiger partial charge is 0.248 e. The van der Waals surface area contributed by atoms with E-state index in [2.05, 4.69) is 10.2 Å². The van der Waals surface area contributed by atoms with Gasteiger partial charge in [-0.3, -0.25) is 9.69 Å². The highest BCUT2D eigenvalue weighted by Crippen LogP contribution is 2.09. The molecule has 2 saturated heterocycles. The molecular weight excluding hydrogens is 234 g/mol. The van der Waals surface area contributed by atoms with Crippen LogP contribution in [0.4, 0.5) is 0 Å². The van der Waals surface area contributed by atoms with Gasteiger partial charge < -0.3 is 19.7 Å². The lowest BCUT2D eigenvalue weighted by molar-refractivity contribution is -0.138. The summed E-state index contributed by atoms with van der Waals surface area (Å²) in [6, 6.07) is 0.681. The van der Waals surface area contributed by atoms with Crippen molar-refractivity contribution in [3.63, 3.8) is 0 Å². The van der Waals surface area contributed by atoms with Crippen LogP contribution in [0.1, 0.15) is 0 Å². The van der Waals surface area contributed by atoms with Gasteiger partial charge in [0.2, 0.25) is 5.91 Å². The molecule has 0 aliphatic carbocycles. The second-order valence-corrected chi connectivity index (χ2v) is 4.77. The van der Waals surface area contributed by atoms with Gasteiger partial charge >= 0.3 is 0 Å². The van der Waals surface area contributed by atoms with Crippen molar-refractivity contribution in [1.29, 1.82) is 0 Å². The maximum Gasteiger partial charge on any atom is 0.248 e. The highest BCUT2D eigenvalue weighted by Gasteiger charge is 2.28. The molecule has 0 spiro atoms. The molecule has 6 heteroatoms. The summed E-state index contributed by atoms with van der Waals surface area (Å²) in [6.07, 6.45) is 0. The molecule has 0 bridgehead atoms. The number of nitrogens with zero attached hydrogens (tertiary/aromatic N) is 2. The van der Waals surface area contributed by atoms with Crippen LogP contribution in [0.3, 0.4) is 0 Å². The third-order valence-corrected chi connectivity index (χ3v) is 3.60. The zero-order valence-corrected chi connectivity index (χ0v) is 11.1. The molecule has 0 aromatic rings. The Balaban J connectivity index is 1.60. The highest BCUT2D eigenvalue weighted by molar-refractivity contribution is 5.77. The van der Waals surface area contributed by atoms with Gasteiger partial charge in [0.15, 0.2) is 0 Å². The quantitative estimate of drug-likeness (QED) is 0.604. The van der Waals surface area contributed by atoms with Crippen molar-refractivity contribution >= 4 is 5.91 Å².